The summed E-state index contributed by atoms with van der Waals surface area (Å²) in [5.41, 5.74) is 0. The SMILES string of the molecule is COC[C@@H](CO)N(C)C(=O)CC/C=C/CCC[C@H](Cl)CCCCCCCC(Cl)Cl. The Morgan fingerprint density at radius 1 is 0.966 bits per heavy atom. The average Bonchev–Trinajstić information content (AvgIpc) is 2.69. The van der Waals surface area contributed by atoms with E-state index in [4.69, 9.17) is 39.5 Å². The Balaban J connectivity index is 3.64. The molecule has 172 valence electrons. The zero-order chi connectivity index (χ0) is 21.9. The van der Waals surface area contributed by atoms with Crippen molar-refractivity contribution in [3.8, 4) is 0 Å². The smallest absolute Gasteiger partial charge is 0.223 e. The summed E-state index contributed by atoms with van der Waals surface area (Å²) in [5.74, 6) is 0.0247. The zero-order valence-electron chi connectivity index (χ0n) is 18.1. The lowest BCUT2D eigenvalue weighted by atomic mass is 10.1. The van der Waals surface area contributed by atoms with Crippen molar-refractivity contribution in [1.82, 2.24) is 4.90 Å². The number of methoxy groups -OCH3 is 1. The van der Waals surface area contributed by atoms with Gasteiger partial charge in [-0.1, -0.05) is 44.3 Å². The highest BCUT2D eigenvalue weighted by atomic mass is 35.5. The monoisotopic (exact) mass is 471 g/mol. The first-order chi connectivity index (χ1) is 13.9. The predicted molar refractivity (Wildman–Crippen MR) is 125 cm³/mol. The molecule has 0 aliphatic rings. The number of carbonyl (C=O) groups is 1. The van der Waals surface area contributed by atoms with Gasteiger partial charge in [0.15, 0.2) is 0 Å². The van der Waals surface area contributed by atoms with Crippen molar-refractivity contribution in [2.45, 2.75) is 93.3 Å². The molecule has 4 nitrogen and oxygen atoms in total. The van der Waals surface area contributed by atoms with Crippen molar-refractivity contribution in [3.05, 3.63) is 12.2 Å². The average molecular weight is 473 g/mol. The van der Waals surface area contributed by atoms with Gasteiger partial charge in [0.05, 0.1) is 19.3 Å². The van der Waals surface area contributed by atoms with Crippen LogP contribution in [0.25, 0.3) is 0 Å². The lowest BCUT2D eigenvalue weighted by Gasteiger charge is -2.25. The van der Waals surface area contributed by atoms with Crippen molar-refractivity contribution < 1.29 is 14.6 Å². The molecule has 0 saturated carbocycles. The minimum atomic E-state index is -0.277. The van der Waals surface area contributed by atoms with E-state index in [9.17, 15) is 9.90 Å². The van der Waals surface area contributed by atoms with Crippen LogP contribution < -0.4 is 0 Å². The molecule has 0 aromatic rings. The first kappa shape index (κ1) is 29.0. The molecule has 0 aliphatic carbocycles. The number of allylic oxidation sites excluding steroid dienone is 2. The van der Waals surface area contributed by atoms with Crippen molar-refractivity contribution in [1.29, 1.82) is 0 Å². The fourth-order valence-corrected chi connectivity index (χ4v) is 3.72. The molecule has 0 fully saturated rings. The Bertz CT molecular complexity index is 422. The first-order valence-corrected chi connectivity index (χ1v) is 12.2. The van der Waals surface area contributed by atoms with Gasteiger partial charge in [0, 0.05) is 26.0 Å². The highest BCUT2D eigenvalue weighted by Crippen LogP contribution is 2.18. The van der Waals surface area contributed by atoms with Crippen LogP contribution in [0.3, 0.4) is 0 Å². The summed E-state index contributed by atoms with van der Waals surface area (Å²) in [6, 6.07) is -0.277. The molecule has 0 bridgehead atoms. The number of unbranched alkanes of at least 4 members (excludes halogenated alkanes) is 5. The van der Waals surface area contributed by atoms with Crippen LogP contribution >= 0.6 is 34.8 Å². The number of hydrogen-bond acceptors (Lipinski definition) is 3. The molecule has 0 aromatic heterocycles. The van der Waals surface area contributed by atoms with E-state index in [0.717, 1.165) is 38.5 Å². The number of likely N-dealkylation sites (N-methyl/N-ethyl adjacent to an activating group) is 1. The number of halogens is 3. The number of rotatable bonds is 19. The Morgan fingerprint density at radius 3 is 2.17 bits per heavy atom. The molecular weight excluding hydrogens is 433 g/mol. The van der Waals surface area contributed by atoms with E-state index in [-0.39, 0.29) is 28.8 Å². The molecule has 29 heavy (non-hydrogen) atoms. The minimum Gasteiger partial charge on any atom is -0.394 e. The van der Waals surface area contributed by atoms with Gasteiger partial charge in [0.1, 0.15) is 4.84 Å². The largest absolute Gasteiger partial charge is 0.394 e. The summed E-state index contributed by atoms with van der Waals surface area (Å²) in [6.45, 7) is 0.255. The second kappa shape index (κ2) is 19.9. The summed E-state index contributed by atoms with van der Waals surface area (Å²) in [6.07, 6.45) is 16.4. The zero-order valence-corrected chi connectivity index (χ0v) is 20.4. The predicted octanol–water partition coefficient (Wildman–Crippen LogP) is 6.10. The van der Waals surface area contributed by atoms with Crippen molar-refractivity contribution in [2.75, 3.05) is 27.4 Å². The van der Waals surface area contributed by atoms with Crippen LogP contribution in [0.5, 0.6) is 0 Å². The molecular formula is C22H40Cl3NO3. The van der Waals surface area contributed by atoms with Crippen LogP contribution in [0.15, 0.2) is 12.2 Å². The van der Waals surface area contributed by atoms with Gasteiger partial charge in [-0.2, -0.15) is 0 Å². The fourth-order valence-electron chi connectivity index (χ4n) is 3.10. The minimum absolute atomic E-state index is 0.0247. The summed E-state index contributed by atoms with van der Waals surface area (Å²) < 4.78 is 5.02. The summed E-state index contributed by atoms with van der Waals surface area (Å²) >= 11 is 17.8. The fraction of sp³-hybridized carbons (Fsp3) is 0.864. The molecule has 7 heteroatoms. The number of aliphatic hydroxyl groups is 1. The van der Waals surface area contributed by atoms with E-state index >= 15 is 0 Å². The topological polar surface area (TPSA) is 49.8 Å². The molecule has 2 atom stereocenters. The highest BCUT2D eigenvalue weighted by molar-refractivity contribution is 6.44. The van der Waals surface area contributed by atoms with Crippen LogP contribution in [-0.4, -0.2) is 59.5 Å². The number of ether oxygens (including phenoxy) is 1. The Labute approximate surface area is 192 Å². The van der Waals surface area contributed by atoms with Gasteiger partial charge in [-0.15, -0.1) is 34.8 Å². The van der Waals surface area contributed by atoms with Crippen LogP contribution in [0, 0.1) is 0 Å². The number of hydrogen-bond donors (Lipinski definition) is 1. The van der Waals surface area contributed by atoms with E-state index < -0.39 is 0 Å². The summed E-state index contributed by atoms with van der Waals surface area (Å²) in [7, 11) is 3.28. The van der Waals surface area contributed by atoms with E-state index in [2.05, 4.69) is 12.2 Å². The third-order valence-corrected chi connectivity index (χ3v) is 5.90. The summed E-state index contributed by atoms with van der Waals surface area (Å²) in [5, 5.41) is 9.56. The van der Waals surface area contributed by atoms with Gasteiger partial charge < -0.3 is 14.7 Å². The number of amides is 1. The van der Waals surface area contributed by atoms with Crippen molar-refractivity contribution >= 4 is 40.7 Å². The van der Waals surface area contributed by atoms with Crippen LogP contribution in [0.4, 0.5) is 0 Å². The van der Waals surface area contributed by atoms with Gasteiger partial charge >= 0.3 is 0 Å². The Hall–Kier alpha value is -0.000000000000000111. The molecule has 0 saturated heterocycles. The normalized spacial score (nSPS) is 13.9. The van der Waals surface area contributed by atoms with E-state index in [1.54, 1.807) is 19.1 Å². The molecule has 0 heterocycles. The van der Waals surface area contributed by atoms with Gasteiger partial charge in [0.25, 0.3) is 0 Å². The van der Waals surface area contributed by atoms with Gasteiger partial charge in [-0.05, 0) is 38.5 Å². The molecule has 0 rings (SSSR count). The summed E-state index contributed by atoms with van der Waals surface area (Å²) in [4.78, 5) is 13.5. The first-order valence-electron chi connectivity index (χ1n) is 10.8. The standard InChI is InChI=1S/C22H40Cl3NO3/c1-26(20(17-27)18-29-2)22(28)16-12-8-4-6-10-14-19(23)13-9-5-3-7-11-15-21(24)25/h4,8,19-21,27H,3,5-7,9-18H2,1-2H3/b8-4+/t19-,20-/m1/s1. The third-order valence-electron chi connectivity index (χ3n) is 5.03. The number of carbonyl (C=O) groups excluding carboxylic acids is 1. The Kier molecular flexibility index (Phi) is 19.9. The van der Waals surface area contributed by atoms with Gasteiger partial charge in [0.2, 0.25) is 5.91 Å². The van der Waals surface area contributed by atoms with E-state index in [1.165, 1.54) is 25.7 Å². The second-order valence-corrected chi connectivity index (χ2v) is 9.47. The maximum atomic E-state index is 12.1. The molecule has 0 aromatic carbocycles. The second-order valence-electron chi connectivity index (χ2n) is 7.57. The number of aliphatic hydroxyl groups excluding tert-OH is 1. The Morgan fingerprint density at radius 2 is 1.55 bits per heavy atom. The van der Waals surface area contributed by atoms with Crippen LogP contribution in [0.2, 0.25) is 0 Å². The highest BCUT2D eigenvalue weighted by Gasteiger charge is 2.18. The molecule has 1 N–H and O–H groups in total. The maximum absolute atomic E-state index is 12.1. The quantitative estimate of drug-likeness (QED) is 0.140. The number of alkyl halides is 3. The molecule has 0 radical (unpaired) electrons. The number of nitrogens with zero attached hydrogens (tertiary/aromatic N) is 1. The van der Waals surface area contributed by atoms with Crippen molar-refractivity contribution in [2.24, 2.45) is 0 Å². The lowest BCUT2D eigenvalue weighted by molar-refractivity contribution is -0.133. The molecule has 0 aliphatic heterocycles. The van der Waals surface area contributed by atoms with E-state index in [0.29, 0.717) is 19.4 Å². The maximum Gasteiger partial charge on any atom is 0.223 e. The third kappa shape index (κ3) is 17.4. The lowest BCUT2D eigenvalue weighted by Crippen LogP contribution is -2.42. The molecule has 0 spiro atoms. The van der Waals surface area contributed by atoms with Crippen LogP contribution in [-0.2, 0) is 9.53 Å². The van der Waals surface area contributed by atoms with Crippen LogP contribution in [0.1, 0.15) is 77.0 Å². The van der Waals surface area contributed by atoms with Gasteiger partial charge in [-0.25, -0.2) is 0 Å². The van der Waals surface area contributed by atoms with Crippen molar-refractivity contribution in [3.63, 3.8) is 0 Å². The molecule has 1 amide bonds. The van der Waals surface area contributed by atoms with Gasteiger partial charge in [-0.3, -0.25) is 4.79 Å². The van der Waals surface area contributed by atoms with E-state index in [1.807, 2.05) is 0 Å². The molecule has 0 unspecified atom stereocenters.